The number of nitrogens with one attached hydrogen (secondary N) is 2. The fourth-order valence-electron chi connectivity index (χ4n) is 5.59. The summed E-state index contributed by atoms with van der Waals surface area (Å²) in [5.41, 5.74) is 0.690. The molecule has 0 bridgehead atoms. The summed E-state index contributed by atoms with van der Waals surface area (Å²) in [5.74, 6) is 0.720. The Morgan fingerprint density at radius 3 is 2.71 bits per heavy atom. The van der Waals surface area contributed by atoms with E-state index in [1.165, 1.54) is 15.4 Å². The van der Waals surface area contributed by atoms with Gasteiger partial charge in [-0.25, -0.2) is 13.2 Å². The van der Waals surface area contributed by atoms with Gasteiger partial charge in [0.15, 0.2) is 5.82 Å². The van der Waals surface area contributed by atoms with E-state index in [1.54, 1.807) is 28.9 Å². The molecule has 3 aliphatic rings. The summed E-state index contributed by atoms with van der Waals surface area (Å²) in [6, 6.07) is 8.97. The second-order valence-corrected chi connectivity index (χ2v) is 12.3. The van der Waals surface area contributed by atoms with E-state index in [4.69, 9.17) is 5.10 Å². The predicted octanol–water partition coefficient (Wildman–Crippen LogP) is 2.77. The molecule has 13 heteroatoms. The number of piperidine rings is 1. The maximum Gasteiger partial charge on any atom is 0.407 e. The van der Waals surface area contributed by atoms with E-state index < -0.39 is 21.7 Å². The van der Waals surface area contributed by atoms with Crippen molar-refractivity contribution < 1.29 is 18.3 Å². The Kier molecular flexibility index (Phi) is 5.69. The highest BCUT2D eigenvalue weighted by molar-refractivity contribution is 7.89. The minimum Gasteiger partial charge on any atom is -0.465 e. The van der Waals surface area contributed by atoms with Crippen LogP contribution in [-0.2, 0) is 22.1 Å². The van der Waals surface area contributed by atoms with Gasteiger partial charge in [-0.15, -0.1) is 0 Å². The van der Waals surface area contributed by atoms with Crippen molar-refractivity contribution in [2.24, 2.45) is 5.92 Å². The number of amides is 1. The Bertz CT molecular complexity index is 1640. The molecule has 0 radical (unpaired) electrons. The number of carbonyl (C=O) groups is 1. The molecule has 3 aromatic rings. The van der Waals surface area contributed by atoms with Gasteiger partial charge in [-0.2, -0.15) is 14.7 Å². The van der Waals surface area contributed by atoms with Crippen LogP contribution in [0.5, 0.6) is 0 Å². The molecule has 0 spiro atoms. The molecule has 1 amide bonds. The van der Waals surface area contributed by atoms with Crippen molar-refractivity contribution in [2.75, 3.05) is 25.0 Å². The number of sulfonamides is 1. The number of pyridine rings is 1. The minimum absolute atomic E-state index is 0.108. The molecule has 1 aromatic carbocycles. The van der Waals surface area contributed by atoms with Crippen LogP contribution in [0.2, 0.25) is 0 Å². The van der Waals surface area contributed by atoms with Gasteiger partial charge >= 0.3 is 6.09 Å². The van der Waals surface area contributed by atoms with Crippen LogP contribution in [0.15, 0.2) is 40.2 Å². The highest BCUT2D eigenvalue weighted by atomic mass is 32.2. The second-order valence-electron chi connectivity index (χ2n) is 10.3. The van der Waals surface area contributed by atoms with Gasteiger partial charge in [0.05, 0.1) is 28.4 Å². The third-order valence-electron chi connectivity index (χ3n) is 7.87. The number of benzene rings is 1. The van der Waals surface area contributed by atoms with E-state index in [-0.39, 0.29) is 30.9 Å². The lowest BCUT2D eigenvalue weighted by atomic mass is 9.85. The van der Waals surface area contributed by atoms with Crippen LogP contribution in [0.3, 0.4) is 0 Å². The number of nitriles is 1. The molecule has 198 valence electrons. The first-order chi connectivity index (χ1) is 18.2. The largest absolute Gasteiger partial charge is 0.465 e. The Balaban J connectivity index is 1.37. The highest BCUT2D eigenvalue weighted by Gasteiger charge is 2.41. The molecule has 38 heavy (non-hydrogen) atoms. The smallest absolute Gasteiger partial charge is 0.407 e. The average Bonchev–Trinajstić information content (AvgIpc) is 3.57. The van der Waals surface area contributed by atoms with Gasteiger partial charge in [0.25, 0.3) is 5.56 Å². The maximum atomic E-state index is 13.0. The van der Waals surface area contributed by atoms with Gasteiger partial charge in [0, 0.05) is 38.1 Å². The van der Waals surface area contributed by atoms with Crippen LogP contribution in [-0.4, -0.2) is 63.2 Å². The summed E-state index contributed by atoms with van der Waals surface area (Å²) in [7, 11) is -3.51. The van der Waals surface area contributed by atoms with E-state index in [1.807, 2.05) is 0 Å². The Morgan fingerprint density at radius 2 is 2.03 bits per heavy atom. The van der Waals surface area contributed by atoms with Gasteiger partial charge in [-0.1, -0.05) is 0 Å². The van der Waals surface area contributed by atoms with Crippen molar-refractivity contribution in [2.45, 2.75) is 49.1 Å². The number of hydrogen-bond acceptors (Lipinski definition) is 7. The Morgan fingerprint density at radius 1 is 1.26 bits per heavy atom. The van der Waals surface area contributed by atoms with Crippen molar-refractivity contribution in [1.82, 2.24) is 24.0 Å². The molecular formula is C25H27N7O5S. The van der Waals surface area contributed by atoms with Gasteiger partial charge in [0.2, 0.25) is 10.0 Å². The molecule has 2 aromatic heterocycles. The zero-order valence-corrected chi connectivity index (χ0v) is 21.4. The summed E-state index contributed by atoms with van der Waals surface area (Å²) in [6.45, 7) is 1.34. The first-order valence-corrected chi connectivity index (χ1v) is 14.0. The molecule has 4 heterocycles. The number of hydrogen-bond donors (Lipinski definition) is 3. The van der Waals surface area contributed by atoms with Gasteiger partial charge in [-0.05, 0) is 61.4 Å². The van der Waals surface area contributed by atoms with E-state index >= 15 is 0 Å². The predicted molar refractivity (Wildman–Crippen MR) is 137 cm³/mol. The number of rotatable bonds is 6. The normalized spacial score (nSPS) is 20.2. The number of H-pyrrole nitrogens is 1. The summed E-state index contributed by atoms with van der Waals surface area (Å²) >= 11 is 0. The van der Waals surface area contributed by atoms with E-state index in [0.717, 1.165) is 12.8 Å². The van der Waals surface area contributed by atoms with Gasteiger partial charge < -0.3 is 20.3 Å². The van der Waals surface area contributed by atoms with Crippen molar-refractivity contribution in [3.63, 3.8) is 0 Å². The lowest BCUT2D eigenvalue weighted by Gasteiger charge is -2.40. The summed E-state index contributed by atoms with van der Waals surface area (Å²) in [5, 5.41) is 27.3. The number of fused-ring (bicyclic) bond motifs is 2. The number of aromatic amines is 1. The maximum absolute atomic E-state index is 13.0. The van der Waals surface area contributed by atoms with E-state index in [0.29, 0.717) is 58.9 Å². The van der Waals surface area contributed by atoms with E-state index in [2.05, 4.69) is 16.4 Å². The molecule has 12 nitrogen and oxygen atoms in total. The molecule has 1 aliphatic carbocycles. The van der Waals surface area contributed by atoms with Crippen LogP contribution in [0.4, 0.5) is 16.3 Å². The summed E-state index contributed by atoms with van der Waals surface area (Å²) in [4.78, 5) is 28.7. The molecule has 1 saturated heterocycles. The highest BCUT2D eigenvalue weighted by Crippen LogP contribution is 2.39. The van der Waals surface area contributed by atoms with Crippen LogP contribution < -0.4 is 10.9 Å². The number of likely N-dealkylation sites (tertiary alicyclic amines) is 1. The third kappa shape index (κ3) is 4.00. The quantitative estimate of drug-likeness (QED) is 0.432. The number of aromatic nitrogens is 3. The average molecular weight is 538 g/mol. The van der Waals surface area contributed by atoms with Crippen molar-refractivity contribution in [3.8, 4) is 6.07 Å². The van der Waals surface area contributed by atoms with Crippen LogP contribution in [0, 0.1) is 17.2 Å². The topological polar surface area (TPSA) is 164 Å². The van der Waals surface area contributed by atoms with Crippen LogP contribution in [0.25, 0.3) is 10.9 Å². The lowest BCUT2D eigenvalue weighted by Crippen LogP contribution is -2.48. The Labute approximate surface area is 218 Å². The van der Waals surface area contributed by atoms with Crippen LogP contribution in [0.1, 0.15) is 37.7 Å². The van der Waals surface area contributed by atoms with Crippen molar-refractivity contribution in [1.29, 1.82) is 5.26 Å². The fraction of sp³-hybridized carbons (Fsp3) is 0.440. The fourth-order valence-corrected chi connectivity index (χ4v) is 7.27. The third-order valence-corrected chi connectivity index (χ3v) is 9.78. The minimum atomic E-state index is -3.51. The number of nitrogens with zero attached hydrogens (tertiary/aromatic N) is 5. The first kappa shape index (κ1) is 24.4. The summed E-state index contributed by atoms with van der Waals surface area (Å²) in [6.07, 6.45) is 3.49. The van der Waals surface area contributed by atoms with Crippen molar-refractivity contribution >= 4 is 38.5 Å². The molecule has 2 fully saturated rings. The molecule has 1 saturated carbocycles. The zero-order valence-electron chi connectivity index (χ0n) is 20.6. The number of carboxylic acid groups (broad SMARTS) is 1. The molecular weight excluding hydrogens is 510 g/mol. The van der Waals surface area contributed by atoms with Crippen LogP contribution >= 0.6 is 0 Å². The molecule has 0 unspecified atom stereocenters. The van der Waals surface area contributed by atoms with E-state index in [9.17, 15) is 28.4 Å². The number of anilines is 2. The zero-order chi connectivity index (χ0) is 26.7. The SMILES string of the molecule is N#CCC1(n2nc(Nc3ccc4c(c3)CN(CC3CC3)S4(=O)=O)c3c(=O)[nH]ccc32)CCN(C(=O)O)CC1. The lowest BCUT2D eigenvalue weighted by molar-refractivity contribution is 0.0912. The first-order valence-electron chi connectivity index (χ1n) is 12.6. The van der Waals surface area contributed by atoms with Gasteiger partial charge in [-0.3, -0.25) is 9.48 Å². The Hall–Kier alpha value is -3.89. The summed E-state index contributed by atoms with van der Waals surface area (Å²) < 4.78 is 29.1. The second kappa shape index (κ2) is 8.85. The van der Waals surface area contributed by atoms with Crippen molar-refractivity contribution in [3.05, 3.63) is 46.4 Å². The molecule has 3 N–H and O–H groups in total. The standard InChI is InChI=1S/C25H27N7O5S/c26-9-6-25(7-11-30(12-8-25)24(34)35)32-19-5-10-27-23(33)21(19)22(29-32)28-18-3-4-20-17(13-18)15-31(38(20,36)37)14-16-1-2-16/h3-5,10,13,16H,1-2,6-8,11-12,14-15H2,(H,27,33)(H,28,29)(H,34,35). The van der Waals surface area contributed by atoms with Gasteiger partial charge in [0.1, 0.15) is 5.39 Å². The molecule has 0 atom stereocenters. The monoisotopic (exact) mass is 537 g/mol. The molecule has 6 rings (SSSR count). The molecule has 2 aliphatic heterocycles.